The van der Waals surface area contributed by atoms with Crippen molar-refractivity contribution in [1.82, 2.24) is 4.90 Å². The van der Waals surface area contributed by atoms with E-state index in [9.17, 15) is 9.59 Å². The fourth-order valence-corrected chi connectivity index (χ4v) is 3.99. The molecule has 0 saturated carbocycles. The lowest BCUT2D eigenvalue weighted by Crippen LogP contribution is -2.39. The van der Waals surface area contributed by atoms with Crippen molar-refractivity contribution in [2.75, 3.05) is 26.3 Å². The second kappa shape index (κ2) is 9.11. The number of rotatable bonds is 4. The molecule has 0 radical (unpaired) electrons. The molecule has 1 amide bonds. The minimum absolute atomic E-state index is 0.0775. The number of benzene rings is 2. The van der Waals surface area contributed by atoms with Gasteiger partial charge in [-0.25, -0.2) is 0 Å². The summed E-state index contributed by atoms with van der Waals surface area (Å²) in [5, 5.41) is 0.926. The molecule has 0 aromatic heterocycles. The number of ether oxygens (including phenoxy) is 2. The van der Waals surface area contributed by atoms with Gasteiger partial charge in [0.15, 0.2) is 17.3 Å². The van der Waals surface area contributed by atoms with E-state index in [2.05, 4.69) is 0 Å². The van der Waals surface area contributed by atoms with Crippen LogP contribution in [0.1, 0.15) is 28.8 Å². The first kappa shape index (κ1) is 20.8. The highest BCUT2D eigenvalue weighted by molar-refractivity contribution is 6.42. The van der Waals surface area contributed by atoms with Crippen LogP contribution in [0.5, 0.6) is 11.5 Å². The summed E-state index contributed by atoms with van der Waals surface area (Å²) in [5.41, 5.74) is 1.44. The van der Waals surface area contributed by atoms with Crippen molar-refractivity contribution >= 4 is 41.0 Å². The molecule has 5 nitrogen and oxygen atoms in total. The second-order valence-electron chi connectivity index (χ2n) is 7.33. The van der Waals surface area contributed by atoms with Crippen molar-refractivity contribution in [3.8, 4) is 11.5 Å². The van der Waals surface area contributed by atoms with Crippen LogP contribution in [0, 0.1) is 5.92 Å². The van der Waals surface area contributed by atoms with Crippen LogP contribution >= 0.6 is 23.2 Å². The van der Waals surface area contributed by atoms with E-state index in [-0.39, 0.29) is 17.6 Å². The molecule has 2 aliphatic rings. The zero-order chi connectivity index (χ0) is 21.1. The molecule has 1 fully saturated rings. The van der Waals surface area contributed by atoms with Crippen LogP contribution in [0.4, 0.5) is 0 Å². The summed E-state index contributed by atoms with van der Waals surface area (Å²) in [6.07, 6.45) is 4.53. The Balaban J connectivity index is 1.34. The number of hydrogen-bond donors (Lipinski definition) is 0. The number of fused-ring (bicyclic) bond motifs is 1. The van der Waals surface area contributed by atoms with Crippen LogP contribution in [-0.2, 0) is 4.79 Å². The first-order valence-electron chi connectivity index (χ1n) is 9.87. The van der Waals surface area contributed by atoms with Crippen molar-refractivity contribution < 1.29 is 19.1 Å². The zero-order valence-corrected chi connectivity index (χ0v) is 17.8. The number of nitrogens with zero attached hydrogens (tertiary/aromatic N) is 1. The van der Waals surface area contributed by atoms with Crippen LogP contribution < -0.4 is 9.47 Å². The van der Waals surface area contributed by atoms with Crippen molar-refractivity contribution in [2.45, 2.75) is 12.8 Å². The number of piperidine rings is 1. The molecule has 7 heteroatoms. The van der Waals surface area contributed by atoms with Gasteiger partial charge in [0, 0.05) is 30.6 Å². The number of ketones is 1. The smallest absolute Gasteiger partial charge is 0.246 e. The Hall–Kier alpha value is -2.50. The van der Waals surface area contributed by atoms with E-state index in [0.717, 1.165) is 5.56 Å². The van der Waals surface area contributed by atoms with Crippen molar-refractivity contribution in [3.63, 3.8) is 0 Å². The Bertz CT molecular complexity index is 997. The number of carbonyl (C=O) groups is 2. The second-order valence-corrected chi connectivity index (χ2v) is 8.14. The zero-order valence-electron chi connectivity index (χ0n) is 16.3. The van der Waals surface area contributed by atoms with E-state index < -0.39 is 0 Å². The van der Waals surface area contributed by atoms with Gasteiger partial charge >= 0.3 is 0 Å². The number of halogens is 2. The first-order chi connectivity index (χ1) is 14.5. The predicted octanol–water partition coefficient (Wildman–Crippen LogP) is 4.90. The number of Topliss-reactive ketones (excluding diaryl/α,β-unsaturated/α-hetero) is 1. The maximum atomic E-state index is 12.9. The Kier molecular flexibility index (Phi) is 6.30. The standard InChI is InChI=1S/C23H21Cl2NO4/c24-18-4-1-15(13-19(18)25)2-6-22(27)26-9-7-16(8-10-26)23(28)17-3-5-20-21(14-17)30-12-11-29-20/h1-6,13-14,16H,7-12H2. The van der Waals surface area contributed by atoms with Crippen LogP contribution in [0.3, 0.4) is 0 Å². The molecular weight excluding hydrogens is 425 g/mol. The van der Waals surface area contributed by atoms with Gasteiger partial charge in [-0.1, -0.05) is 29.3 Å². The lowest BCUT2D eigenvalue weighted by Gasteiger charge is -2.30. The van der Waals surface area contributed by atoms with Crippen LogP contribution in [0.25, 0.3) is 6.08 Å². The van der Waals surface area contributed by atoms with E-state index in [1.54, 1.807) is 47.4 Å². The number of likely N-dealkylation sites (tertiary alicyclic amines) is 1. The van der Waals surface area contributed by atoms with Crippen LogP contribution in [-0.4, -0.2) is 42.9 Å². The summed E-state index contributed by atoms with van der Waals surface area (Å²) in [5.74, 6) is 1.20. The Labute approximate surface area is 185 Å². The molecule has 156 valence electrons. The van der Waals surface area contributed by atoms with Gasteiger partial charge in [-0.15, -0.1) is 0 Å². The molecule has 2 aromatic rings. The predicted molar refractivity (Wildman–Crippen MR) is 117 cm³/mol. The lowest BCUT2D eigenvalue weighted by atomic mass is 9.88. The van der Waals surface area contributed by atoms with Gasteiger partial charge in [-0.05, 0) is 54.8 Å². The summed E-state index contributed by atoms with van der Waals surface area (Å²) >= 11 is 11.9. The summed E-state index contributed by atoms with van der Waals surface area (Å²) < 4.78 is 11.1. The van der Waals surface area contributed by atoms with Gasteiger partial charge < -0.3 is 14.4 Å². The quantitative estimate of drug-likeness (QED) is 0.495. The fraction of sp³-hybridized carbons (Fsp3) is 0.304. The monoisotopic (exact) mass is 445 g/mol. The largest absolute Gasteiger partial charge is 0.486 e. The van der Waals surface area contributed by atoms with E-state index in [1.165, 1.54) is 6.08 Å². The van der Waals surface area contributed by atoms with Gasteiger partial charge in [0.2, 0.25) is 5.91 Å². The third-order valence-electron chi connectivity index (χ3n) is 5.37. The molecule has 0 atom stereocenters. The van der Waals surface area contributed by atoms with Crippen molar-refractivity contribution in [1.29, 1.82) is 0 Å². The first-order valence-corrected chi connectivity index (χ1v) is 10.6. The molecule has 0 bridgehead atoms. The Morgan fingerprint density at radius 2 is 1.67 bits per heavy atom. The minimum Gasteiger partial charge on any atom is -0.486 e. The fourth-order valence-electron chi connectivity index (χ4n) is 3.68. The van der Waals surface area contributed by atoms with Gasteiger partial charge in [0.25, 0.3) is 0 Å². The third kappa shape index (κ3) is 4.63. The molecule has 0 unspecified atom stereocenters. The molecule has 4 rings (SSSR count). The van der Waals surface area contributed by atoms with E-state index >= 15 is 0 Å². The van der Waals surface area contributed by atoms with Crippen molar-refractivity contribution in [2.24, 2.45) is 5.92 Å². The van der Waals surface area contributed by atoms with E-state index in [4.69, 9.17) is 32.7 Å². The lowest BCUT2D eigenvalue weighted by molar-refractivity contribution is -0.127. The summed E-state index contributed by atoms with van der Waals surface area (Å²) in [7, 11) is 0. The summed E-state index contributed by atoms with van der Waals surface area (Å²) in [6.45, 7) is 2.10. The SMILES string of the molecule is O=C(c1ccc2c(c1)OCCO2)C1CCN(C(=O)C=Cc2ccc(Cl)c(Cl)c2)CC1. The van der Waals surface area contributed by atoms with Gasteiger partial charge in [-0.2, -0.15) is 0 Å². The minimum atomic E-state index is -0.101. The topological polar surface area (TPSA) is 55.8 Å². The van der Waals surface area contributed by atoms with E-state index in [0.29, 0.717) is 66.3 Å². The molecule has 0 N–H and O–H groups in total. The molecule has 1 saturated heterocycles. The molecule has 2 aromatic carbocycles. The van der Waals surface area contributed by atoms with Gasteiger partial charge in [0.05, 0.1) is 10.0 Å². The normalized spacial score (nSPS) is 16.7. The highest BCUT2D eigenvalue weighted by Crippen LogP contribution is 2.32. The van der Waals surface area contributed by atoms with Gasteiger partial charge in [0.1, 0.15) is 13.2 Å². The average molecular weight is 446 g/mol. The molecular formula is C23H21Cl2NO4. The summed E-state index contributed by atoms with van der Waals surface area (Å²) in [6, 6.07) is 10.5. The number of amides is 1. The third-order valence-corrected chi connectivity index (χ3v) is 6.11. The van der Waals surface area contributed by atoms with Gasteiger partial charge in [-0.3, -0.25) is 9.59 Å². The van der Waals surface area contributed by atoms with E-state index in [1.807, 2.05) is 0 Å². The average Bonchev–Trinajstić information content (AvgIpc) is 2.79. The highest BCUT2D eigenvalue weighted by Gasteiger charge is 2.28. The van der Waals surface area contributed by atoms with Crippen molar-refractivity contribution in [3.05, 3.63) is 63.6 Å². The Morgan fingerprint density at radius 1 is 0.933 bits per heavy atom. The molecule has 0 aliphatic carbocycles. The maximum Gasteiger partial charge on any atom is 0.246 e. The Morgan fingerprint density at radius 3 is 2.40 bits per heavy atom. The molecule has 2 aliphatic heterocycles. The van der Waals surface area contributed by atoms with Crippen LogP contribution in [0.15, 0.2) is 42.5 Å². The number of carbonyl (C=O) groups excluding carboxylic acids is 2. The maximum absolute atomic E-state index is 12.9. The molecule has 0 spiro atoms. The molecule has 2 heterocycles. The highest BCUT2D eigenvalue weighted by atomic mass is 35.5. The van der Waals surface area contributed by atoms with Crippen LogP contribution in [0.2, 0.25) is 10.0 Å². The summed E-state index contributed by atoms with van der Waals surface area (Å²) in [4.78, 5) is 27.2. The molecule has 30 heavy (non-hydrogen) atoms. The number of hydrogen-bond acceptors (Lipinski definition) is 4.